The van der Waals surface area contributed by atoms with Crippen LogP contribution in [0.2, 0.25) is 0 Å². The molecule has 3 rings (SSSR count). The van der Waals surface area contributed by atoms with Crippen molar-refractivity contribution in [2.75, 3.05) is 13.1 Å². The van der Waals surface area contributed by atoms with E-state index in [-0.39, 0.29) is 24.0 Å². The van der Waals surface area contributed by atoms with Crippen LogP contribution in [0, 0.1) is 0 Å². The number of benzene rings is 2. The highest BCUT2D eigenvalue weighted by molar-refractivity contribution is 14.0. The van der Waals surface area contributed by atoms with Gasteiger partial charge in [0.1, 0.15) is 11.9 Å². The number of H-pyrrole nitrogens is 1. The molecule has 3 aromatic rings. The number of aliphatic imine (C=N–C) groups is 1. The second-order valence-electron chi connectivity index (χ2n) is 6.72. The van der Waals surface area contributed by atoms with Crippen LogP contribution < -0.4 is 10.6 Å². The number of aliphatic hydroxyl groups is 1. The highest BCUT2D eigenvalue weighted by Gasteiger charge is 2.22. The van der Waals surface area contributed by atoms with Gasteiger partial charge in [0.05, 0.1) is 13.1 Å². The monoisotopic (exact) mass is 506 g/mol. The van der Waals surface area contributed by atoms with E-state index >= 15 is 0 Å². The van der Waals surface area contributed by atoms with Crippen LogP contribution in [-0.4, -0.2) is 39.3 Å². The minimum absolute atomic E-state index is 0. The molecule has 0 saturated heterocycles. The summed E-state index contributed by atoms with van der Waals surface area (Å²) in [4.78, 5) is 8.82. The van der Waals surface area contributed by atoms with E-state index in [1.807, 2.05) is 61.5 Å². The van der Waals surface area contributed by atoms with Crippen molar-refractivity contribution < 1.29 is 5.11 Å². The highest BCUT2D eigenvalue weighted by atomic mass is 127. The standard InChI is InChI=1S/C21H26N6O.HI/c1-3-22-20(24-14-21(2,28)18-10-5-4-6-11-18)23-13-16-8-7-9-17(12-16)19-25-15-26-27-19;/h4-12,15,28H,3,13-14H2,1-2H3,(H2,22,23,24)(H,25,26,27);1H. The molecule has 2 aromatic carbocycles. The van der Waals surface area contributed by atoms with Crippen LogP contribution in [0.15, 0.2) is 65.9 Å². The lowest BCUT2D eigenvalue weighted by Crippen LogP contribution is -2.44. The SMILES string of the molecule is CCNC(=NCc1cccc(-c2ncn[nH]2)c1)NCC(C)(O)c1ccccc1.I. The zero-order valence-corrected chi connectivity index (χ0v) is 18.9. The Kier molecular flexibility index (Phi) is 8.59. The first-order chi connectivity index (χ1) is 13.6. The van der Waals surface area contributed by atoms with Gasteiger partial charge in [0.15, 0.2) is 11.8 Å². The molecule has 29 heavy (non-hydrogen) atoms. The Bertz CT molecular complexity index is 897. The molecule has 1 unspecified atom stereocenters. The van der Waals surface area contributed by atoms with E-state index in [2.05, 4.69) is 30.8 Å². The Morgan fingerprint density at radius 1 is 1.14 bits per heavy atom. The third-order valence-electron chi connectivity index (χ3n) is 4.38. The van der Waals surface area contributed by atoms with E-state index in [9.17, 15) is 5.11 Å². The van der Waals surface area contributed by atoms with Crippen molar-refractivity contribution in [3.63, 3.8) is 0 Å². The van der Waals surface area contributed by atoms with E-state index in [0.717, 1.165) is 29.1 Å². The van der Waals surface area contributed by atoms with Crippen LogP contribution in [0.4, 0.5) is 0 Å². The molecule has 0 saturated carbocycles. The van der Waals surface area contributed by atoms with Crippen molar-refractivity contribution in [3.8, 4) is 11.4 Å². The van der Waals surface area contributed by atoms with Crippen molar-refractivity contribution in [1.82, 2.24) is 25.8 Å². The van der Waals surface area contributed by atoms with E-state index in [1.54, 1.807) is 6.92 Å². The minimum atomic E-state index is -0.996. The van der Waals surface area contributed by atoms with Crippen LogP contribution in [0.25, 0.3) is 11.4 Å². The van der Waals surface area contributed by atoms with Gasteiger partial charge in [-0.2, -0.15) is 5.10 Å². The Morgan fingerprint density at radius 2 is 1.93 bits per heavy atom. The molecule has 0 aliphatic heterocycles. The Morgan fingerprint density at radius 3 is 2.62 bits per heavy atom. The van der Waals surface area contributed by atoms with E-state index in [4.69, 9.17) is 0 Å². The molecule has 0 aliphatic carbocycles. The van der Waals surface area contributed by atoms with Crippen LogP contribution >= 0.6 is 24.0 Å². The summed E-state index contributed by atoms with van der Waals surface area (Å²) in [6, 6.07) is 17.6. The summed E-state index contributed by atoms with van der Waals surface area (Å²) in [5.41, 5.74) is 1.89. The second kappa shape index (κ2) is 10.9. The summed E-state index contributed by atoms with van der Waals surface area (Å²) in [7, 11) is 0. The molecule has 8 heteroatoms. The maximum absolute atomic E-state index is 10.8. The molecule has 0 fully saturated rings. The third-order valence-corrected chi connectivity index (χ3v) is 4.38. The van der Waals surface area contributed by atoms with Gasteiger partial charge in [-0.05, 0) is 31.0 Å². The van der Waals surface area contributed by atoms with E-state index < -0.39 is 5.60 Å². The van der Waals surface area contributed by atoms with Crippen LogP contribution in [0.5, 0.6) is 0 Å². The normalized spacial score (nSPS) is 13.3. The number of rotatable bonds is 7. The number of hydrogen-bond donors (Lipinski definition) is 4. The Labute approximate surface area is 188 Å². The van der Waals surface area contributed by atoms with Gasteiger partial charge in [0.2, 0.25) is 0 Å². The number of aromatic amines is 1. The lowest BCUT2D eigenvalue weighted by Gasteiger charge is -2.25. The van der Waals surface area contributed by atoms with E-state index in [1.165, 1.54) is 6.33 Å². The predicted molar refractivity (Wildman–Crippen MR) is 126 cm³/mol. The van der Waals surface area contributed by atoms with Gasteiger partial charge in [-0.25, -0.2) is 9.98 Å². The molecular weight excluding hydrogens is 479 g/mol. The van der Waals surface area contributed by atoms with Crippen molar-refractivity contribution in [2.24, 2.45) is 4.99 Å². The highest BCUT2D eigenvalue weighted by Crippen LogP contribution is 2.19. The molecule has 0 aliphatic rings. The number of nitrogens with one attached hydrogen (secondary N) is 3. The lowest BCUT2D eigenvalue weighted by molar-refractivity contribution is 0.0617. The maximum Gasteiger partial charge on any atom is 0.191 e. The fraction of sp³-hybridized carbons (Fsp3) is 0.286. The molecule has 1 heterocycles. The van der Waals surface area contributed by atoms with Crippen LogP contribution in [0.1, 0.15) is 25.0 Å². The van der Waals surface area contributed by atoms with Gasteiger partial charge >= 0.3 is 0 Å². The number of nitrogens with zero attached hydrogens (tertiary/aromatic N) is 3. The topological polar surface area (TPSA) is 98.2 Å². The quantitative estimate of drug-likeness (QED) is 0.224. The molecule has 1 atom stereocenters. The largest absolute Gasteiger partial charge is 0.384 e. The van der Waals surface area contributed by atoms with Crippen molar-refractivity contribution in [1.29, 1.82) is 0 Å². The van der Waals surface area contributed by atoms with Crippen LogP contribution in [0.3, 0.4) is 0 Å². The second-order valence-corrected chi connectivity index (χ2v) is 6.72. The summed E-state index contributed by atoms with van der Waals surface area (Å²) in [5, 5.41) is 24.0. The summed E-state index contributed by atoms with van der Waals surface area (Å²) >= 11 is 0. The molecule has 1 aromatic heterocycles. The van der Waals surface area contributed by atoms with E-state index in [0.29, 0.717) is 19.0 Å². The first-order valence-corrected chi connectivity index (χ1v) is 9.33. The third kappa shape index (κ3) is 6.53. The van der Waals surface area contributed by atoms with Crippen molar-refractivity contribution in [3.05, 3.63) is 72.1 Å². The lowest BCUT2D eigenvalue weighted by atomic mass is 9.96. The first-order valence-electron chi connectivity index (χ1n) is 9.33. The first kappa shape index (κ1) is 22.8. The predicted octanol–water partition coefficient (Wildman–Crippen LogP) is 3.05. The molecule has 154 valence electrons. The number of halogens is 1. The van der Waals surface area contributed by atoms with Gasteiger partial charge in [-0.3, -0.25) is 5.10 Å². The molecule has 7 nitrogen and oxygen atoms in total. The van der Waals surface area contributed by atoms with Gasteiger partial charge in [0.25, 0.3) is 0 Å². The number of hydrogen-bond acceptors (Lipinski definition) is 4. The molecule has 4 N–H and O–H groups in total. The van der Waals surface area contributed by atoms with Gasteiger partial charge in [-0.1, -0.05) is 48.5 Å². The smallest absolute Gasteiger partial charge is 0.191 e. The molecule has 0 spiro atoms. The molecule has 0 bridgehead atoms. The fourth-order valence-electron chi connectivity index (χ4n) is 2.83. The summed E-state index contributed by atoms with van der Waals surface area (Å²) in [5.74, 6) is 1.39. The van der Waals surface area contributed by atoms with Crippen molar-refractivity contribution in [2.45, 2.75) is 26.0 Å². The van der Waals surface area contributed by atoms with Gasteiger partial charge in [-0.15, -0.1) is 24.0 Å². The summed E-state index contributed by atoms with van der Waals surface area (Å²) in [6.07, 6.45) is 1.49. The summed E-state index contributed by atoms with van der Waals surface area (Å²) < 4.78 is 0. The fourth-order valence-corrected chi connectivity index (χ4v) is 2.83. The average Bonchev–Trinajstić information content (AvgIpc) is 3.26. The Hall–Kier alpha value is -2.46. The summed E-state index contributed by atoms with van der Waals surface area (Å²) in [6.45, 7) is 5.39. The molecule has 0 radical (unpaired) electrons. The molecule has 0 amide bonds. The Balaban J connectivity index is 0.00000300. The van der Waals surface area contributed by atoms with Crippen LogP contribution in [-0.2, 0) is 12.1 Å². The van der Waals surface area contributed by atoms with Crippen molar-refractivity contribution >= 4 is 29.9 Å². The minimum Gasteiger partial charge on any atom is -0.384 e. The average molecular weight is 506 g/mol. The zero-order valence-electron chi connectivity index (χ0n) is 16.6. The van der Waals surface area contributed by atoms with Gasteiger partial charge in [0, 0.05) is 12.1 Å². The maximum atomic E-state index is 10.8. The number of aromatic nitrogens is 3. The van der Waals surface area contributed by atoms with Gasteiger partial charge < -0.3 is 15.7 Å². The number of guanidine groups is 1. The zero-order chi connectivity index (χ0) is 19.8. The molecular formula is C21H27IN6O.